The summed E-state index contributed by atoms with van der Waals surface area (Å²) in [4.78, 5) is 27.3. The Morgan fingerprint density at radius 3 is 2.79 bits per heavy atom. The second kappa shape index (κ2) is 7.85. The molecule has 0 bridgehead atoms. The number of aromatic nitrogens is 1. The summed E-state index contributed by atoms with van der Waals surface area (Å²) >= 11 is 1.40. The second-order valence-electron chi connectivity index (χ2n) is 4.55. The first-order chi connectivity index (χ1) is 9.02. The maximum absolute atomic E-state index is 11.7. The third kappa shape index (κ3) is 5.80. The van der Waals surface area contributed by atoms with E-state index in [1.54, 1.807) is 5.38 Å². The molecular weight excluding hydrogens is 264 g/mol. The quantitative estimate of drug-likeness (QED) is 0.664. The van der Waals surface area contributed by atoms with Gasteiger partial charge in [-0.15, -0.1) is 11.3 Å². The Kier molecular flexibility index (Phi) is 6.44. The predicted octanol–water partition coefficient (Wildman–Crippen LogP) is 0.146. The van der Waals surface area contributed by atoms with Crippen molar-refractivity contribution in [2.75, 3.05) is 19.6 Å². The van der Waals surface area contributed by atoms with E-state index >= 15 is 0 Å². The van der Waals surface area contributed by atoms with Gasteiger partial charge in [0, 0.05) is 18.3 Å². The number of hydrogen-bond donors (Lipinski definition) is 3. The van der Waals surface area contributed by atoms with E-state index in [1.165, 1.54) is 11.3 Å². The molecular formula is C12H20N4O2S. The number of nitrogens with two attached hydrogens (primary N) is 1. The van der Waals surface area contributed by atoms with Gasteiger partial charge in [0.15, 0.2) is 0 Å². The highest BCUT2D eigenvalue weighted by Gasteiger charge is 2.11. The molecule has 1 rings (SSSR count). The molecule has 1 aromatic rings. The van der Waals surface area contributed by atoms with Crippen molar-refractivity contribution < 1.29 is 9.59 Å². The van der Waals surface area contributed by atoms with Gasteiger partial charge in [0.1, 0.15) is 5.69 Å². The zero-order chi connectivity index (χ0) is 14.3. The lowest BCUT2D eigenvalue weighted by Crippen LogP contribution is -2.38. The van der Waals surface area contributed by atoms with Crippen LogP contribution in [0.5, 0.6) is 0 Å². The summed E-state index contributed by atoms with van der Waals surface area (Å²) in [5.74, 6) is -0.143. The standard InChI is InChI=1S/C12H20N4O2S/c1-8(2)5-14-10(17)6-15-12(18)9-7-19-11(16-9)3-4-13/h7-8H,3-6,13H2,1-2H3,(H,14,17)(H,15,18). The molecule has 0 atom stereocenters. The molecule has 4 N–H and O–H groups in total. The molecule has 0 saturated carbocycles. The summed E-state index contributed by atoms with van der Waals surface area (Å²) in [7, 11) is 0. The van der Waals surface area contributed by atoms with Crippen molar-refractivity contribution in [1.29, 1.82) is 0 Å². The SMILES string of the molecule is CC(C)CNC(=O)CNC(=O)c1csc(CCN)n1. The van der Waals surface area contributed by atoms with Gasteiger partial charge in [-0.3, -0.25) is 9.59 Å². The van der Waals surface area contributed by atoms with E-state index < -0.39 is 0 Å². The van der Waals surface area contributed by atoms with Gasteiger partial charge < -0.3 is 16.4 Å². The third-order valence-corrected chi connectivity index (χ3v) is 3.17. The lowest BCUT2D eigenvalue weighted by Gasteiger charge is -2.07. The van der Waals surface area contributed by atoms with Crippen molar-refractivity contribution in [2.24, 2.45) is 11.7 Å². The Morgan fingerprint density at radius 1 is 1.42 bits per heavy atom. The zero-order valence-electron chi connectivity index (χ0n) is 11.2. The maximum Gasteiger partial charge on any atom is 0.271 e. The average Bonchev–Trinajstić information content (AvgIpc) is 2.82. The molecule has 7 heteroatoms. The van der Waals surface area contributed by atoms with Crippen LogP contribution in [0.4, 0.5) is 0 Å². The van der Waals surface area contributed by atoms with Crippen molar-refractivity contribution in [1.82, 2.24) is 15.6 Å². The largest absolute Gasteiger partial charge is 0.354 e. The molecule has 0 aliphatic carbocycles. The lowest BCUT2D eigenvalue weighted by molar-refractivity contribution is -0.120. The molecule has 0 aliphatic heterocycles. The fourth-order valence-corrected chi connectivity index (χ4v) is 2.08. The monoisotopic (exact) mass is 284 g/mol. The Morgan fingerprint density at radius 2 is 2.16 bits per heavy atom. The fraction of sp³-hybridized carbons (Fsp3) is 0.583. The van der Waals surface area contributed by atoms with Crippen molar-refractivity contribution in [3.05, 3.63) is 16.1 Å². The summed E-state index contributed by atoms with van der Waals surface area (Å²) in [6.45, 7) is 5.09. The highest BCUT2D eigenvalue weighted by atomic mass is 32.1. The molecule has 0 unspecified atom stereocenters. The third-order valence-electron chi connectivity index (χ3n) is 2.26. The van der Waals surface area contributed by atoms with Crippen LogP contribution in [0.25, 0.3) is 0 Å². The normalized spacial score (nSPS) is 10.5. The molecule has 1 heterocycles. The van der Waals surface area contributed by atoms with Crippen LogP contribution in [0.1, 0.15) is 29.3 Å². The molecule has 2 amide bonds. The minimum atomic E-state index is -0.334. The highest BCUT2D eigenvalue weighted by Crippen LogP contribution is 2.09. The van der Waals surface area contributed by atoms with Gasteiger partial charge in [0.25, 0.3) is 5.91 Å². The van der Waals surface area contributed by atoms with Crippen molar-refractivity contribution in [3.8, 4) is 0 Å². The number of carbonyl (C=O) groups is 2. The summed E-state index contributed by atoms with van der Waals surface area (Å²) in [6.07, 6.45) is 0.660. The molecule has 1 aromatic heterocycles. The van der Waals surface area contributed by atoms with Crippen LogP contribution < -0.4 is 16.4 Å². The zero-order valence-corrected chi connectivity index (χ0v) is 12.0. The Bertz CT molecular complexity index is 431. The number of nitrogens with zero attached hydrogens (tertiary/aromatic N) is 1. The first-order valence-corrected chi connectivity index (χ1v) is 7.10. The van der Waals surface area contributed by atoms with Crippen LogP contribution >= 0.6 is 11.3 Å². The van der Waals surface area contributed by atoms with Crippen LogP contribution in [-0.4, -0.2) is 36.4 Å². The van der Waals surface area contributed by atoms with Crippen molar-refractivity contribution in [2.45, 2.75) is 20.3 Å². The number of rotatable bonds is 7. The highest BCUT2D eigenvalue weighted by molar-refractivity contribution is 7.09. The van der Waals surface area contributed by atoms with Crippen LogP contribution in [-0.2, 0) is 11.2 Å². The molecule has 0 fully saturated rings. The number of amides is 2. The summed E-state index contributed by atoms with van der Waals surface area (Å²) in [5, 5.41) is 7.77. The Balaban J connectivity index is 2.35. The van der Waals surface area contributed by atoms with Crippen LogP contribution in [0.2, 0.25) is 0 Å². The summed E-state index contributed by atoms with van der Waals surface area (Å²) in [6, 6.07) is 0. The molecule has 0 saturated heterocycles. The van der Waals surface area contributed by atoms with E-state index in [0.717, 1.165) is 5.01 Å². The summed E-state index contributed by atoms with van der Waals surface area (Å²) < 4.78 is 0. The van der Waals surface area contributed by atoms with Crippen molar-refractivity contribution in [3.63, 3.8) is 0 Å². The summed E-state index contributed by atoms with van der Waals surface area (Å²) in [5.41, 5.74) is 5.75. The predicted molar refractivity (Wildman–Crippen MR) is 75.1 cm³/mol. The van der Waals surface area contributed by atoms with E-state index in [1.807, 2.05) is 13.8 Å². The molecule has 0 radical (unpaired) electrons. The van der Waals surface area contributed by atoms with Crippen molar-refractivity contribution >= 4 is 23.2 Å². The molecule has 6 nitrogen and oxygen atoms in total. The lowest BCUT2D eigenvalue weighted by atomic mass is 10.2. The van der Waals surface area contributed by atoms with E-state index in [2.05, 4.69) is 15.6 Å². The first kappa shape index (κ1) is 15.6. The first-order valence-electron chi connectivity index (χ1n) is 6.22. The second-order valence-corrected chi connectivity index (χ2v) is 5.49. The van der Waals surface area contributed by atoms with Gasteiger partial charge in [-0.25, -0.2) is 4.98 Å². The Hall–Kier alpha value is -1.47. The van der Waals surface area contributed by atoms with Crippen LogP contribution in [0.3, 0.4) is 0 Å². The Labute approximate surface area is 116 Å². The fourth-order valence-electron chi connectivity index (χ4n) is 1.29. The van der Waals surface area contributed by atoms with Gasteiger partial charge >= 0.3 is 0 Å². The molecule has 0 spiro atoms. The minimum absolute atomic E-state index is 0.0324. The van der Waals surface area contributed by atoms with E-state index in [-0.39, 0.29) is 18.4 Å². The van der Waals surface area contributed by atoms with Gasteiger partial charge in [-0.2, -0.15) is 0 Å². The van der Waals surface area contributed by atoms with Gasteiger partial charge in [-0.1, -0.05) is 13.8 Å². The van der Waals surface area contributed by atoms with E-state index in [9.17, 15) is 9.59 Å². The number of carbonyl (C=O) groups excluding carboxylic acids is 2. The minimum Gasteiger partial charge on any atom is -0.354 e. The molecule has 106 valence electrons. The number of nitrogens with one attached hydrogen (secondary N) is 2. The average molecular weight is 284 g/mol. The van der Waals surface area contributed by atoms with Crippen LogP contribution in [0, 0.1) is 5.92 Å². The topological polar surface area (TPSA) is 97.1 Å². The molecule has 0 aliphatic rings. The molecule has 19 heavy (non-hydrogen) atoms. The molecule has 0 aromatic carbocycles. The van der Waals surface area contributed by atoms with Gasteiger partial charge in [-0.05, 0) is 12.5 Å². The van der Waals surface area contributed by atoms with E-state index in [4.69, 9.17) is 5.73 Å². The maximum atomic E-state index is 11.7. The number of hydrogen-bond acceptors (Lipinski definition) is 5. The van der Waals surface area contributed by atoms with Crippen LogP contribution in [0.15, 0.2) is 5.38 Å². The smallest absolute Gasteiger partial charge is 0.271 e. The van der Waals surface area contributed by atoms with E-state index in [0.29, 0.717) is 31.1 Å². The number of thiazole rings is 1. The van der Waals surface area contributed by atoms with Gasteiger partial charge in [0.05, 0.1) is 11.6 Å². The van der Waals surface area contributed by atoms with Gasteiger partial charge in [0.2, 0.25) is 5.91 Å².